The van der Waals surface area contributed by atoms with E-state index in [0.717, 1.165) is 37.8 Å². The molecule has 3 nitrogen and oxygen atoms in total. The van der Waals surface area contributed by atoms with E-state index in [0.29, 0.717) is 5.92 Å². The van der Waals surface area contributed by atoms with Crippen molar-refractivity contribution in [1.82, 2.24) is 4.90 Å². The molecule has 1 amide bonds. The fourth-order valence-corrected chi connectivity index (χ4v) is 3.60. The number of nitrogens with two attached hydrogens (primary N) is 1. The van der Waals surface area contributed by atoms with Gasteiger partial charge in [-0.25, -0.2) is 0 Å². The largest absolute Gasteiger partial charge is 0.341 e. The van der Waals surface area contributed by atoms with Crippen LogP contribution in [0.15, 0.2) is 0 Å². The summed E-state index contributed by atoms with van der Waals surface area (Å²) in [7, 11) is 0. The van der Waals surface area contributed by atoms with Crippen molar-refractivity contribution in [3.8, 4) is 0 Å². The van der Waals surface area contributed by atoms with Crippen LogP contribution in [0.5, 0.6) is 0 Å². The summed E-state index contributed by atoms with van der Waals surface area (Å²) < 4.78 is 0. The highest BCUT2D eigenvalue weighted by molar-refractivity contribution is 5.86. The molecule has 3 fully saturated rings. The first-order valence-corrected chi connectivity index (χ1v) is 6.67. The van der Waals surface area contributed by atoms with E-state index in [9.17, 15) is 4.79 Å². The van der Waals surface area contributed by atoms with Crippen LogP contribution in [-0.4, -0.2) is 29.4 Å². The maximum Gasteiger partial charge on any atom is 0.242 e. The molecule has 0 aromatic heterocycles. The van der Waals surface area contributed by atoms with Gasteiger partial charge in [0.25, 0.3) is 0 Å². The van der Waals surface area contributed by atoms with Gasteiger partial charge in [0.1, 0.15) is 0 Å². The minimum Gasteiger partial charge on any atom is -0.341 e. The number of carbonyl (C=O) groups excluding carboxylic acids is 1. The summed E-state index contributed by atoms with van der Waals surface area (Å²) in [6, 6.07) is 0. The van der Waals surface area contributed by atoms with Crippen LogP contribution in [0.3, 0.4) is 0 Å². The summed E-state index contributed by atoms with van der Waals surface area (Å²) in [6.07, 6.45) is 6.27. The lowest BCUT2D eigenvalue weighted by molar-refractivity contribution is -0.136. The third-order valence-electron chi connectivity index (χ3n) is 4.90. The molecule has 1 saturated heterocycles. The number of likely N-dealkylation sites (tertiary alicyclic amines) is 1. The lowest BCUT2D eigenvalue weighted by atomic mass is 9.95. The molecule has 90 valence electrons. The van der Waals surface area contributed by atoms with E-state index >= 15 is 0 Å². The lowest BCUT2D eigenvalue weighted by Gasteiger charge is -2.29. The number of carbonyl (C=O) groups is 1. The van der Waals surface area contributed by atoms with Gasteiger partial charge in [0.2, 0.25) is 5.91 Å². The van der Waals surface area contributed by atoms with E-state index in [1.807, 2.05) is 11.8 Å². The second kappa shape index (κ2) is 3.46. The van der Waals surface area contributed by atoms with Crippen molar-refractivity contribution < 1.29 is 4.79 Å². The molecule has 2 aliphatic carbocycles. The average Bonchev–Trinajstić information content (AvgIpc) is 2.88. The smallest absolute Gasteiger partial charge is 0.242 e. The summed E-state index contributed by atoms with van der Waals surface area (Å²) in [5.41, 5.74) is 5.62. The standard InChI is InChI=1S/C13H22N2O/c1-13(14,11-5-6-11)12(16)15-7-9-3-2-4-10(9)8-15/h9-11H,2-8,14H2,1H3. The predicted molar refractivity (Wildman–Crippen MR) is 62.7 cm³/mol. The Morgan fingerprint density at radius 3 is 2.25 bits per heavy atom. The third kappa shape index (κ3) is 1.56. The molecule has 1 heterocycles. The van der Waals surface area contributed by atoms with Gasteiger partial charge < -0.3 is 10.6 Å². The molecule has 2 saturated carbocycles. The SMILES string of the molecule is CC(N)(C(=O)N1CC2CCCC2C1)C1CC1. The first-order chi connectivity index (χ1) is 7.59. The Morgan fingerprint density at radius 2 is 1.75 bits per heavy atom. The second-order valence-corrected chi connectivity index (χ2v) is 6.22. The van der Waals surface area contributed by atoms with Crippen LogP contribution < -0.4 is 5.73 Å². The maximum atomic E-state index is 12.4. The molecular formula is C13H22N2O. The van der Waals surface area contributed by atoms with Crippen LogP contribution in [0.4, 0.5) is 0 Å². The molecular weight excluding hydrogens is 200 g/mol. The first kappa shape index (κ1) is 10.6. The highest BCUT2D eigenvalue weighted by Crippen LogP contribution is 2.42. The van der Waals surface area contributed by atoms with E-state index in [2.05, 4.69) is 0 Å². The van der Waals surface area contributed by atoms with Crippen LogP contribution in [0.1, 0.15) is 39.0 Å². The van der Waals surface area contributed by atoms with Crippen LogP contribution in [0.2, 0.25) is 0 Å². The molecule has 0 aromatic rings. The normalized spacial score (nSPS) is 37.2. The van der Waals surface area contributed by atoms with Crippen LogP contribution in [0, 0.1) is 17.8 Å². The molecule has 16 heavy (non-hydrogen) atoms. The maximum absolute atomic E-state index is 12.4. The molecule has 1 aliphatic heterocycles. The van der Waals surface area contributed by atoms with Crippen LogP contribution in [0.25, 0.3) is 0 Å². The number of hydrogen-bond donors (Lipinski definition) is 1. The van der Waals surface area contributed by atoms with Crippen LogP contribution >= 0.6 is 0 Å². The molecule has 0 aromatic carbocycles. The Bertz CT molecular complexity index is 297. The lowest BCUT2D eigenvalue weighted by Crippen LogP contribution is -2.54. The zero-order chi connectivity index (χ0) is 11.3. The number of hydrogen-bond acceptors (Lipinski definition) is 2. The van der Waals surface area contributed by atoms with Gasteiger partial charge in [-0.05, 0) is 50.4 Å². The summed E-state index contributed by atoms with van der Waals surface area (Å²) in [6.45, 7) is 3.88. The monoisotopic (exact) mass is 222 g/mol. The van der Waals surface area contributed by atoms with Gasteiger partial charge in [-0.2, -0.15) is 0 Å². The van der Waals surface area contributed by atoms with E-state index in [-0.39, 0.29) is 5.91 Å². The number of fused-ring (bicyclic) bond motifs is 1. The summed E-state index contributed by atoms with van der Waals surface area (Å²) in [5.74, 6) is 2.21. The quantitative estimate of drug-likeness (QED) is 0.767. The average molecular weight is 222 g/mol. The Balaban J connectivity index is 1.67. The van der Waals surface area contributed by atoms with Gasteiger partial charge in [-0.3, -0.25) is 4.79 Å². The fraction of sp³-hybridized carbons (Fsp3) is 0.923. The zero-order valence-corrected chi connectivity index (χ0v) is 10.1. The Hall–Kier alpha value is -0.570. The van der Waals surface area contributed by atoms with Gasteiger partial charge in [0.05, 0.1) is 5.54 Å². The molecule has 0 spiro atoms. The van der Waals surface area contributed by atoms with E-state index < -0.39 is 5.54 Å². The number of amides is 1. The fourth-order valence-electron chi connectivity index (χ4n) is 3.60. The molecule has 3 heteroatoms. The van der Waals surface area contributed by atoms with Gasteiger partial charge >= 0.3 is 0 Å². The molecule has 2 N–H and O–H groups in total. The van der Waals surface area contributed by atoms with Gasteiger partial charge in [-0.1, -0.05) is 6.42 Å². The molecule has 3 unspecified atom stereocenters. The van der Waals surface area contributed by atoms with Gasteiger partial charge in [-0.15, -0.1) is 0 Å². The predicted octanol–water partition coefficient (Wildman–Crippen LogP) is 1.37. The van der Waals surface area contributed by atoms with E-state index in [1.165, 1.54) is 19.3 Å². The topological polar surface area (TPSA) is 46.3 Å². The van der Waals surface area contributed by atoms with Gasteiger partial charge in [0.15, 0.2) is 0 Å². The van der Waals surface area contributed by atoms with Gasteiger partial charge in [0, 0.05) is 13.1 Å². The van der Waals surface area contributed by atoms with Crippen molar-refractivity contribution in [2.45, 2.75) is 44.6 Å². The van der Waals surface area contributed by atoms with Crippen molar-refractivity contribution in [2.75, 3.05) is 13.1 Å². The molecule has 3 aliphatic rings. The van der Waals surface area contributed by atoms with Crippen molar-refractivity contribution in [2.24, 2.45) is 23.5 Å². The summed E-state index contributed by atoms with van der Waals surface area (Å²) in [5, 5.41) is 0. The molecule has 0 bridgehead atoms. The van der Waals surface area contributed by atoms with Crippen molar-refractivity contribution in [3.63, 3.8) is 0 Å². The third-order valence-corrected chi connectivity index (χ3v) is 4.90. The highest BCUT2D eigenvalue weighted by Gasteiger charge is 2.48. The van der Waals surface area contributed by atoms with Crippen molar-refractivity contribution in [3.05, 3.63) is 0 Å². The minimum atomic E-state index is -0.585. The Kier molecular flexibility index (Phi) is 2.29. The molecule has 0 radical (unpaired) electrons. The Morgan fingerprint density at radius 1 is 1.19 bits per heavy atom. The Labute approximate surface area is 97.4 Å². The van der Waals surface area contributed by atoms with Crippen molar-refractivity contribution in [1.29, 1.82) is 0 Å². The van der Waals surface area contributed by atoms with Crippen LogP contribution in [-0.2, 0) is 4.79 Å². The van der Waals surface area contributed by atoms with E-state index in [1.54, 1.807) is 0 Å². The number of rotatable bonds is 2. The molecule has 3 atom stereocenters. The second-order valence-electron chi connectivity index (χ2n) is 6.22. The van der Waals surface area contributed by atoms with Crippen molar-refractivity contribution >= 4 is 5.91 Å². The minimum absolute atomic E-state index is 0.212. The zero-order valence-electron chi connectivity index (χ0n) is 10.1. The number of nitrogens with zero attached hydrogens (tertiary/aromatic N) is 1. The summed E-state index contributed by atoms with van der Waals surface area (Å²) >= 11 is 0. The van der Waals surface area contributed by atoms with E-state index in [4.69, 9.17) is 5.73 Å². The first-order valence-electron chi connectivity index (χ1n) is 6.67. The highest BCUT2D eigenvalue weighted by atomic mass is 16.2. The summed E-state index contributed by atoms with van der Waals surface area (Å²) in [4.78, 5) is 14.4. The molecule has 3 rings (SSSR count).